The molecule has 1 heterocycles. The topological polar surface area (TPSA) is 54.9 Å². The van der Waals surface area contributed by atoms with Crippen LogP contribution in [-0.2, 0) is 0 Å². The zero-order chi connectivity index (χ0) is 13.5. The quantitative estimate of drug-likeness (QED) is 0.469. The van der Waals surface area contributed by atoms with E-state index in [2.05, 4.69) is 22.5 Å². The van der Waals surface area contributed by atoms with E-state index >= 15 is 0 Å². The van der Waals surface area contributed by atoms with Crippen LogP contribution >= 0.6 is 24.0 Å². The number of guanidine groups is 1. The van der Waals surface area contributed by atoms with Crippen LogP contribution in [0, 0.1) is 0 Å². The van der Waals surface area contributed by atoms with Gasteiger partial charge in [-0.3, -0.25) is 4.99 Å². The number of benzene rings is 1. The normalized spacial score (nSPS) is 17.1. The van der Waals surface area contributed by atoms with Crippen LogP contribution in [-0.4, -0.2) is 38.8 Å². The Bertz CT molecular complexity index is 440. The Morgan fingerprint density at radius 3 is 2.75 bits per heavy atom. The second kappa shape index (κ2) is 8.89. The van der Waals surface area contributed by atoms with Gasteiger partial charge in [0.2, 0.25) is 0 Å². The van der Waals surface area contributed by atoms with E-state index < -0.39 is 0 Å². The molecule has 6 heteroatoms. The number of hydrogen-bond acceptors (Lipinski definition) is 3. The predicted octanol–water partition coefficient (Wildman–Crippen LogP) is 2.02. The third kappa shape index (κ3) is 4.73. The fraction of sp³-hybridized carbons (Fsp3) is 0.500. The summed E-state index contributed by atoms with van der Waals surface area (Å²) in [6.07, 6.45) is 1.06. The van der Waals surface area contributed by atoms with E-state index in [4.69, 9.17) is 9.47 Å². The highest BCUT2D eigenvalue weighted by Gasteiger charge is 2.20. The standard InChI is InChI=1S/C14H21N3O2.HI/c1-3-8-16-14(15-2)17-9-11-10-18-12-6-4-5-7-13(12)19-11;/h4-7,11H,3,8-10H2,1-2H3,(H2,15,16,17);1H. The third-order valence-electron chi connectivity index (χ3n) is 2.83. The van der Waals surface area contributed by atoms with Crippen molar-refractivity contribution in [1.29, 1.82) is 0 Å². The first-order chi connectivity index (χ1) is 9.33. The van der Waals surface area contributed by atoms with Gasteiger partial charge in [-0.25, -0.2) is 0 Å². The minimum Gasteiger partial charge on any atom is -0.486 e. The van der Waals surface area contributed by atoms with Gasteiger partial charge in [0.1, 0.15) is 12.7 Å². The summed E-state index contributed by atoms with van der Waals surface area (Å²) in [5.41, 5.74) is 0. The van der Waals surface area contributed by atoms with Crippen molar-refractivity contribution < 1.29 is 9.47 Å². The number of rotatable bonds is 4. The Balaban J connectivity index is 0.00000200. The lowest BCUT2D eigenvalue weighted by molar-refractivity contribution is 0.0936. The number of halogens is 1. The number of aliphatic imine (C=N–C) groups is 1. The van der Waals surface area contributed by atoms with Gasteiger partial charge in [0.15, 0.2) is 17.5 Å². The highest BCUT2D eigenvalue weighted by molar-refractivity contribution is 14.0. The van der Waals surface area contributed by atoms with Crippen LogP contribution in [0.1, 0.15) is 13.3 Å². The number of ether oxygens (including phenoxy) is 2. The van der Waals surface area contributed by atoms with Gasteiger partial charge in [-0.2, -0.15) is 0 Å². The molecule has 0 amide bonds. The molecule has 20 heavy (non-hydrogen) atoms. The van der Waals surface area contributed by atoms with E-state index in [1.165, 1.54) is 0 Å². The van der Waals surface area contributed by atoms with E-state index in [0.29, 0.717) is 13.2 Å². The lowest BCUT2D eigenvalue weighted by atomic mass is 10.2. The highest BCUT2D eigenvalue weighted by atomic mass is 127. The molecule has 2 rings (SSSR count). The fourth-order valence-electron chi connectivity index (χ4n) is 1.84. The first kappa shape index (κ1) is 16.9. The maximum absolute atomic E-state index is 5.86. The first-order valence-corrected chi connectivity index (χ1v) is 6.66. The van der Waals surface area contributed by atoms with E-state index in [1.807, 2.05) is 24.3 Å². The number of fused-ring (bicyclic) bond motifs is 1. The Kier molecular flexibility index (Phi) is 7.50. The van der Waals surface area contributed by atoms with Crippen molar-refractivity contribution in [2.75, 3.05) is 26.7 Å². The van der Waals surface area contributed by atoms with Crippen LogP contribution in [0.25, 0.3) is 0 Å². The smallest absolute Gasteiger partial charge is 0.191 e. The molecule has 1 aromatic rings. The second-order valence-corrected chi connectivity index (χ2v) is 4.38. The molecule has 1 aromatic carbocycles. The number of para-hydroxylation sites is 2. The van der Waals surface area contributed by atoms with Gasteiger partial charge in [0.05, 0.1) is 6.54 Å². The lowest BCUT2D eigenvalue weighted by Crippen LogP contribution is -2.45. The van der Waals surface area contributed by atoms with E-state index in [-0.39, 0.29) is 30.1 Å². The molecule has 0 saturated heterocycles. The largest absolute Gasteiger partial charge is 0.486 e. The summed E-state index contributed by atoms with van der Waals surface area (Å²) in [6.45, 7) is 4.24. The fourth-order valence-corrected chi connectivity index (χ4v) is 1.84. The first-order valence-electron chi connectivity index (χ1n) is 6.66. The van der Waals surface area contributed by atoms with E-state index in [1.54, 1.807) is 7.05 Å². The van der Waals surface area contributed by atoms with Crippen LogP contribution in [0.15, 0.2) is 29.3 Å². The van der Waals surface area contributed by atoms with E-state index in [9.17, 15) is 0 Å². The lowest BCUT2D eigenvalue weighted by Gasteiger charge is -2.27. The van der Waals surface area contributed by atoms with Crippen molar-refractivity contribution in [3.8, 4) is 11.5 Å². The summed E-state index contributed by atoms with van der Waals surface area (Å²) in [6, 6.07) is 7.73. The molecule has 1 aliphatic rings. The van der Waals surface area contributed by atoms with Gasteiger partial charge in [0, 0.05) is 13.6 Å². The third-order valence-corrected chi connectivity index (χ3v) is 2.83. The number of nitrogens with one attached hydrogen (secondary N) is 2. The van der Waals surface area contributed by atoms with Crippen molar-refractivity contribution in [2.24, 2.45) is 4.99 Å². The summed E-state index contributed by atoms with van der Waals surface area (Å²) in [7, 11) is 1.76. The van der Waals surface area contributed by atoms with Crippen molar-refractivity contribution in [1.82, 2.24) is 10.6 Å². The molecule has 0 aromatic heterocycles. The van der Waals surface area contributed by atoms with Gasteiger partial charge < -0.3 is 20.1 Å². The minimum absolute atomic E-state index is 0. The Morgan fingerprint density at radius 2 is 2.05 bits per heavy atom. The maximum atomic E-state index is 5.86. The second-order valence-electron chi connectivity index (χ2n) is 4.38. The Labute approximate surface area is 137 Å². The molecule has 0 aliphatic carbocycles. The van der Waals surface area contributed by atoms with Crippen LogP contribution in [0.5, 0.6) is 11.5 Å². The zero-order valence-electron chi connectivity index (χ0n) is 11.9. The molecule has 1 aliphatic heterocycles. The van der Waals surface area contributed by atoms with Crippen LogP contribution in [0.4, 0.5) is 0 Å². The summed E-state index contributed by atoms with van der Waals surface area (Å²) < 4.78 is 11.5. The van der Waals surface area contributed by atoms with E-state index in [0.717, 1.165) is 30.4 Å². The molecule has 0 bridgehead atoms. The van der Waals surface area contributed by atoms with Gasteiger partial charge in [0.25, 0.3) is 0 Å². The van der Waals surface area contributed by atoms with Crippen LogP contribution in [0.3, 0.4) is 0 Å². The monoisotopic (exact) mass is 391 g/mol. The van der Waals surface area contributed by atoms with Crippen molar-refractivity contribution in [3.63, 3.8) is 0 Å². The van der Waals surface area contributed by atoms with Crippen LogP contribution in [0.2, 0.25) is 0 Å². The van der Waals surface area contributed by atoms with Gasteiger partial charge in [-0.1, -0.05) is 19.1 Å². The van der Waals surface area contributed by atoms with Gasteiger partial charge in [-0.05, 0) is 18.6 Å². The molecular weight excluding hydrogens is 369 g/mol. The highest BCUT2D eigenvalue weighted by Crippen LogP contribution is 2.30. The Hall–Kier alpha value is -1.18. The Morgan fingerprint density at radius 1 is 1.30 bits per heavy atom. The molecule has 0 radical (unpaired) electrons. The summed E-state index contributed by atoms with van der Waals surface area (Å²) >= 11 is 0. The average Bonchev–Trinajstić information content (AvgIpc) is 2.47. The average molecular weight is 391 g/mol. The minimum atomic E-state index is -0.00456. The number of hydrogen-bond donors (Lipinski definition) is 2. The molecule has 5 nitrogen and oxygen atoms in total. The molecule has 0 saturated carbocycles. The molecule has 1 atom stereocenters. The van der Waals surface area contributed by atoms with Crippen molar-refractivity contribution in [2.45, 2.75) is 19.4 Å². The molecular formula is C14H22IN3O2. The molecule has 1 unspecified atom stereocenters. The number of nitrogens with zero attached hydrogens (tertiary/aromatic N) is 1. The predicted molar refractivity (Wildman–Crippen MR) is 91.4 cm³/mol. The molecule has 0 spiro atoms. The van der Waals surface area contributed by atoms with Crippen molar-refractivity contribution >= 4 is 29.9 Å². The van der Waals surface area contributed by atoms with Crippen LogP contribution < -0.4 is 20.1 Å². The molecule has 112 valence electrons. The molecule has 0 fully saturated rings. The SMILES string of the molecule is CCCNC(=NC)NCC1COc2ccccc2O1.I. The van der Waals surface area contributed by atoms with Crippen molar-refractivity contribution in [3.05, 3.63) is 24.3 Å². The summed E-state index contributed by atoms with van der Waals surface area (Å²) in [5.74, 6) is 2.41. The molecule has 2 N–H and O–H groups in total. The maximum Gasteiger partial charge on any atom is 0.191 e. The van der Waals surface area contributed by atoms with Gasteiger partial charge >= 0.3 is 0 Å². The summed E-state index contributed by atoms with van der Waals surface area (Å²) in [4.78, 5) is 4.15. The summed E-state index contributed by atoms with van der Waals surface area (Å²) in [5, 5.41) is 6.46. The van der Waals surface area contributed by atoms with Gasteiger partial charge in [-0.15, -0.1) is 24.0 Å². The zero-order valence-corrected chi connectivity index (χ0v) is 14.2.